The van der Waals surface area contributed by atoms with Crippen molar-refractivity contribution in [3.05, 3.63) is 119 Å². The molecule has 2 fully saturated rings. The molecular weight excluding hydrogens is 510 g/mol. The number of rotatable bonds is 8. The van der Waals surface area contributed by atoms with E-state index in [9.17, 15) is 4.79 Å². The van der Waals surface area contributed by atoms with E-state index in [4.69, 9.17) is 9.47 Å². The maximum absolute atomic E-state index is 12.5. The highest BCUT2D eigenvalue weighted by Gasteiger charge is 2.32. The zero-order valence-corrected chi connectivity index (χ0v) is 23.2. The first-order chi connectivity index (χ1) is 20.2. The summed E-state index contributed by atoms with van der Waals surface area (Å²) in [6.07, 6.45) is 9.28. The number of nitrogens with one attached hydrogen (secondary N) is 1. The lowest BCUT2D eigenvalue weighted by atomic mass is 9.95. The minimum atomic E-state index is -0.435. The van der Waals surface area contributed by atoms with E-state index in [1.165, 1.54) is 49.6 Å². The van der Waals surface area contributed by atoms with Crippen molar-refractivity contribution in [3.63, 3.8) is 0 Å². The van der Waals surface area contributed by atoms with Crippen molar-refractivity contribution in [3.8, 4) is 11.5 Å². The molecule has 0 amide bonds. The molecule has 6 heteroatoms. The number of fused-ring (bicyclic) bond motifs is 1. The third-order valence-corrected chi connectivity index (χ3v) is 8.36. The molecule has 1 atom stereocenters. The van der Waals surface area contributed by atoms with Gasteiger partial charge in [-0.15, -0.1) is 0 Å². The number of hydrogen-bond acceptors (Lipinski definition) is 5. The molecule has 1 saturated carbocycles. The summed E-state index contributed by atoms with van der Waals surface area (Å²) in [4.78, 5) is 22.6. The third-order valence-electron chi connectivity index (χ3n) is 8.36. The zero-order chi connectivity index (χ0) is 27.8. The Morgan fingerprint density at radius 2 is 1.76 bits per heavy atom. The van der Waals surface area contributed by atoms with Gasteiger partial charge in [0.15, 0.2) is 0 Å². The molecule has 1 aliphatic carbocycles. The lowest BCUT2D eigenvalue weighted by Gasteiger charge is -2.29. The first-order valence-corrected chi connectivity index (χ1v) is 14.4. The van der Waals surface area contributed by atoms with E-state index in [0.717, 1.165) is 35.5 Å². The van der Waals surface area contributed by atoms with Gasteiger partial charge in [0.1, 0.15) is 22.7 Å². The number of nitrogens with zero attached hydrogens (tertiary/aromatic N) is 2. The Morgan fingerprint density at radius 1 is 0.951 bits per heavy atom. The van der Waals surface area contributed by atoms with E-state index in [1.807, 2.05) is 30.5 Å². The molecule has 2 aliphatic rings. The van der Waals surface area contributed by atoms with Crippen LogP contribution in [-0.4, -0.2) is 29.6 Å². The van der Waals surface area contributed by atoms with Crippen molar-refractivity contribution < 1.29 is 14.3 Å². The van der Waals surface area contributed by atoms with E-state index in [-0.39, 0.29) is 0 Å². The van der Waals surface area contributed by atoms with Gasteiger partial charge >= 0.3 is 5.97 Å². The summed E-state index contributed by atoms with van der Waals surface area (Å²) < 4.78 is 11.2. The summed E-state index contributed by atoms with van der Waals surface area (Å²) in [5, 5.41) is 0.939. The largest absolute Gasteiger partial charge is 0.465 e. The van der Waals surface area contributed by atoms with Crippen LogP contribution in [0.25, 0.3) is 11.0 Å². The number of aromatic nitrogens is 2. The van der Waals surface area contributed by atoms with Crippen molar-refractivity contribution in [2.24, 2.45) is 0 Å². The Kier molecular flexibility index (Phi) is 6.67. The van der Waals surface area contributed by atoms with Crippen molar-refractivity contribution in [2.45, 2.75) is 44.1 Å². The number of benzene rings is 3. The average Bonchev–Trinajstić information content (AvgIpc) is 3.54. The molecule has 2 aromatic heterocycles. The predicted molar refractivity (Wildman–Crippen MR) is 161 cm³/mol. The molecule has 1 aliphatic heterocycles. The summed E-state index contributed by atoms with van der Waals surface area (Å²) >= 11 is 0. The van der Waals surface area contributed by atoms with Crippen molar-refractivity contribution >= 4 is 22.7 Å². The van der Waals surface area contributed by atoms with Gasteiger partial charge in [-0.05, 0) is 96.7 Å². The molecule has 1 N–H and O–H groups in total. The Balaban J connectivity index is 1.11. The lowest BCUT2D eigenvalue weighted by molar-refractivity contribution is 0.0598. The van der Waals surface area contributed by atoms with Gasteiger partial charge in [0.05, 0.1) is 19.3 Å². The van der Waals surface area contributed by atoms with Crippen LogP contribution in [-0.2, 0) is 11.2 Å². The Labute approximate surface area is 239 Å². The summed E-state index contributed by atoms with van der Waals surface area (Å²) in [7, 11) is 1.38. The first-order valence-electron chi connectivity index (χ1n) is 14.4. The molecule has 3 heterocycles. The molecule has 5 aromatic rings. The molecule has 206 valence electrons. The highest BCUT2D eigenvalue weighted by Crippen LogP contribution is 2.46. The van der Waals surface area contributed by atoms with E-state index < -0.39 is 5.97 Å². The second-order valence-electron chi connectivity index (χ2n) is 11.1. The number of methoxy groups -OCH3 is 1. The number of anilines is 1. The van der Waals surface area contributed by atoms with Gasteiger partial charge in [-0.2, -0.15) is 0 Å². The van der Waals surface area contributed by atoms with Gasteiger partial charge < -0.3 is 19.4 Å². The zero-order valence-electron chi connectivity index (χ0n) is 23.2. The van der Waals surface area contributed by atoms with Crippen LogP contribution in [0.2, 0.25) is 0 Å². The fourth-order valence-corrected chi connectivity index (χ4v) is 6.16. The van der Waals surface area contributed by atoms with Crippen LogP contribution in [0.15, 0.2) is 91.3 Å². The number of ether oxygens (including phenoxy) is 2. The van der Waals surface area contributed by atoms with Gasteiger partial charge in [-0.1, -0.05) is 42.5 Å². The van der Waals surface area contributed by atoms with Crippen LogP contribution < -0.4 is 9.64 Å². The van der Waals surface area contributed by atoms with Crippen molar-refractivity contribution in [2.75, 3.05) is 18.6 Å². The highest BCUT2D eigenvalue weighted by atomic mass is 16.5. The fourth-order valence-electron chi connectivity index (χ4n) is 6.16. The van der Waals surface area contributed by atoms with E-state index in [2.05, 4.69) is 63.4 Å². The fraction of sp³-hybridized carbons (Fsp3) is 0.257. The molecule has 41 heavy (non-hydrogen) atoms. The Morgan fingerprint density at radius 3 is 2.56 bits per heavy atom. The number of hydrogen-bond donors (Lipinski definition) is 1. The first kappa shape index (κ1) is 25.4. The van der Waals surface area contributed by atoms with Crippen LogP contribution in [0.1, 0.15) is 70.3 Å². The minimum Gasteiger partial charge on any atom is -0.465 e. The van der Waals surface area contributed by atoms with E-state index in [0.29, 0.717) is 23.1 Å². The summed E-state index contributed by atoms with van der Waals surface area (Å²) in [5.74, 6) is 1.34. The van der Waals surface area contributed by atoms with Gasteiger partial charge in [0.2, 0.25) is 0 Å². The van der Waals surface area contributed by atoms with Gasteiger partial charge in [-0.3, -0.25) is 0 Å². The molecular formula is C35H33N3O3. The molecule has 0 bridgehead atoms. The maximum atomic E-state index is 12.5. The maximum Gasteiger partial charge on any atom is 0.341 e. The summed E-state index contributed by atoms with van der Waals surface area (Å²) in [6, 6.07) is 28.0. The molecule has 1 unspecified atom stereocenters. The SMILES string of the molecule is COC(=O)c1ccc(Cc2ccc(N3CCCC3c3ccccc3C3CC3)cc2)cc1Oc1cnc2[nH]ccc2c1. The number of pyridine rings is 1. The molecule has 6 nitrogen and oxygen atoms in total. The van der Waals surface area contributed by atoms with Crippen LogP contribution >= 0.6 is 0 Å². The van der Waals surface area contributed by atoms with Gasteiger partial charge in [-0.25, -0.2) is 9.78 Å². The molecule has 0 radical (unpaired) electrons. The van der Waals surface area contributed by atoms with Crippen LogP contribution in [0.4, 0.5) is 5.69 Å². The minimum absolute atomic E-state index is 0.382. The second-order valence-corrected chi connectivity index (χ2v) is 11.1. The third kappa shape index (κ3) is 5.18. The summed E-state index contributed by atoms with van der Waals surface area (Å²) in [5.41, 5.74) is 7.77. The lowest BCUT2D eigenvalue weighted by Crippen LogP contribution is -2.23. The highest BCUT2D eigenvalue weighted by molar-refractivity contribution is 5.92. The average molecular weight is 544 g/mol. The van der Waals surface area contributed by atoms with Gasteiger partial charge in [0, 0.05) is 23.8 Å². The number of aromatic amines is 1. The molecule has 7 rings (SSSR count). The van der Waals surface area contributed by atoms with Crippen LogP contribution in [0.3, 0.4) is 0 Å². The summed E-state index contributed by atoms with van der Waals surface area (Å²) in [6.45, 7) is 1.09. The standard InChI is InChI=1S/C35H33N3O3/c1-40-35(39)31-15-10-24(20-33(31)41-28-21-26-16-17-36-34(26)37-22-28)19-23-8-13-27(14-9-23)38-18-4-7-32(38)30-6-3-2-5-29(30)25-11-12-25/h2-3,5-6,8-10,13-17,20-22,25,32H,4,7,11-12,18-19H2,1H3,(H,36,37). The molecule has 0 spiro atoms. The van der Waals surface area contributed by atoms with Crippen molar-refractivity contribution in [1.82, 2.24) is 9.97 Å². The molecule has 3 aromatic carbocycles. The number of H-pyrrole nitrogens is 1. The number of esters is 1. The second kappa shape index (κ2) is 10.8. The Hall–Kier alpha value is -4.58. The normalized spacial score (nSPS) is 16.7. The quantitative estimate of drug-likeness (QED) is 0.201. The van der Waals surface area contributed by atoms with Crippen molar-refractivity contribution in [1.29, 1.82) is 0 Å². The van der Waals surface area contributed by atoms with E-state index >= 15 is 0 Å². The number of carbonyl (C=O) groups is 1. The smallest absolute Gasteiger partial charge is 0.341 e. The van der Waals surface area contributed by atoms with E-state index in [1.54, 1.807) is 17.8 Å². The topological polar surface area (TPSA) is 67.4 Å². The predicted octanol–water partition coefficient (Wildman–Crippen LogP) is 7.95. The van der Waals surface area contributed by atoms with Crippen LogP contribution in [0.5, 0.6) is 11.5 Å². The van der Waals surface area contributed by atoms with Crippen LogP contribution in [0, 0.1) is 0 Å². The Bertz CT molecular complexity index is 1700. The monoisotopic (exact) mass is 543 g/mol. The molecule has 1 saturated heterocycles. The number of carbonyl (C=O) groups excluding carboxylic acids is 1. The van der Waals surface area contributed by atoms with Gasteiger partial charge in [0.25, 0.3) is 0 Å².